The van der Waals surface area contributed by atoms with Crippen molar-refractivity contribution >= 4 is 39.1 Å². The Bertz CT molecular complexity index is 1480. The van der Waals surface area contributed by atoms with E-state index in [9.17, 15) is 9.59 Å². The highest BCUT2D eigenvalue weighted by atomic mass is 32.2. The fourth-order valence-corrected chi connectivity index (χ4v) is 7.12. The number of rotatable bonds is 8. The summed E-state index contributed by atoms with van der Waals surface area (Å²) in [5.41, 5.74) is 4.96. The molecule has 1 aliphatic carbocycles. The zero-order valence-electron chi connectivity index (χ0n) is 20.2. The molecule has 0 unspecified atom stereocenters. The van der Waals surface area contributed by atoms with Gasteiger partial charge >= 0.3 is 0 Å². The normalized spacial score (nSPS) is 13.2. The van der Waals surface area contributed by atoms with Gasteiger partial charge in [0.2, 0.25) is 0 Å². The van der Waals surface area contributed by atoms with E-state index in [0.717, 1.165) is 52.0 Å². The molecule has 0 atom stereocenters. The number of aryl methyl sites for hydroxylation is 3. The molecule has 180 valence electrons. The van der Waals surface area contributed by atoms with E-state index in [1.165, 1.54) is 28.6 Å². The smallest absolute Gasteiger partial charge is 0.263 e. The molecule has 0 spiro atoms. The van der Waals surface area contributed by atoms with E-state index in [0.29, 0.717) is 18.2 Å². The third-order valence-corrected chi connectivity index (χ3v) is 8.90. The molecule has 0 saturated carbocycles. The molecule has 0 bridgehead atoms. The number of hydrogen-bond donors (Lipinski definition) is 0. The summed E-state index contributed by atoms with van der Waals surface area (Å²) in [6.07, 6.45) is 6.09. The van der Waals surface area contributed by atoms with E-state index in [2.05, 4.69) is 11.1 Å². The predicted octanol–water partition coefficient (Wildman–Crippen LogP) is 5.96. The molecule has 0 amide bonds. The van der Waals surface area contributed by atoms with Gasteiger partial charge in [0, 0.05) is 28.4 Å². The van der Waals surface area contributed by atoms with Gasteiger partial charge in [-0.2, -0.15) is 0 Å². The molecule has 0 aliphatic heterocycles. The molecule has 5 rings (SSSR count). The molecule has 1 aromatic carbocycles. The molecule has 3 aromatic heterocycles. The Morgan fingerprint density at radius 2 is 1.94 bits per heavy atom. The summed E-state index contributed by atoms with van der Waals surface area (Å²) in [6, 6.07) is 11.9. The maximum absolute atomic E-state index is 13.8. The van der Waals surface area contributed by atoms with Crippen molar-refractivity contribution in [2.24, 2.45) is 0 Å². The Labute approximate surface area is 213 Å². The van der Waals surface area contributed by atoms with E-state index in [1.807, 2.05) is 56.3 Å². The van der Waals surface area contributed by atoms with Gasteiger partial charge in [-0.1, -0.05) is 48.2 Å². The van der Waals surface area contributed by atoms with Gasteiger partial charge in [0.25, 0.3) is 5.56 Å². The third-order valence-electron chi connectivity index (χ3n) is 6.74. The molecule has 0 N–H and O–H groups in total. The van der Waals surface area contributed by atoms with Crippen LogP contribution in [0.25, 0.3) is 10.2 Å². The molecule has 5 nitrogen and oxygen atoms in total. The summed E-state index contributed by atoms with van der Waals surface area (Å²) in [5, 5.41) is 1.39. The van der Waals surface area contributed by atoms with Crippen LogP contribution in [0.2, 0.25) is 0 Å². The highest BCUT2D eigenvalue weighted by Gasteiger charge is 2.23. The van der Waals surface area contributed by atoms with Crippen LogP contribution in [0.1, 0.15) is 50.6 Å². The zero-order chi connectivity index (χ0) is 24.5. The molecule has 0 saturated heterocycles. The summed E-state index contributed by atoms with van der Waals surface area (Å²) in [7, 11) is 0. The second-order valence-corrected chi connectivity index (χ2v) is 11.1. The number of thioether (sulfide) groups is 1. The Balaban J connectivity index is 1.52. The fraction of sp³-hybridized carbons (Fsp3) is 0.321. The number of carbonyl (C=O) groups excluding carboxylic acids is 1. The minimum atomic E-state index is 0.0114. The monoisotopic (exact) mass is 503 g/mol. The van der Waals surface area contributed by atoms with Crippen LogP contribution < -0.4 is 5.56 Å². The largest absolute Gasteiger partial charge is 0.345 e. The number of thiophene rings is 1. The van der Waals surface area contributed by atoms with E-state index in [1.54, 1.807) is 15.9 Å². The second-order valence-electron chi connectivity index (χ2n) is 9.06. The van der Waals surface area contributed by atoms with Crippen LogP contribution in [0.4, 0.5) is 0 Å². The van der Waals surface area contributed by atoms with Crippen molar-refractivity contribution in [2.75, 3.05) is 5.75 Å². The van der Waals surface area contributed by atoms with Crippen molar-refractivity contribution in [3.05, 3.63) is 92.4 Å². The molecular weight excluding hydrogens is 474 g/mol. The molecule has 4 aromatic rings. The van der Waals surface area contributed by atoms with Crippen molar-refractivity contribution in [3.63, 3.8) is 0 Å². The van der Waals surface area contributed by atoms with E-state index in [4.69, 9.17) is 4.98 Å². The van der Waals surface area contributed by atoms with Gasteiger partial charge in [0.15, 0.2) is 10.9 Å². The summed E-state index contributed by atoms with van der Waals surface area (Å²) in [6.45, 7) is 8.92. The first-order valence-corrected chi connectivity index (χ1v) is 13.8. The van der Waals surface area contributed by atoms with Crippen LogP contribution in [-0.2, 0) is 25.9 Å². The van der Waals surface area contributed by atoms with Gasteiger partial charge in [-0.25, -0.2) is 4.98 Å². The number of carbonyl (C=O) groups is 1. The molecule has 3 heterocycles. The fourth-order valence-electron chi connectivity index (χ4n) is 4.94. The van der Waals surface area contributed by atoms with Crippen LogP contribution >= 0.6 is 23.1 Å². The van der Waals surface area contributed by atoms with E-state index >= 15 is 0 Å². The molecule has 35 heavy (non-hydrogen) atoms. The predicted molar refractivity (Wildman–Crippen MR) is 145 cm³/mol. The van der Waals surface area contributed by atoms with Crippen molar-refractivity contribution in [1.82, 2.24) is 14.1 Å². The van der Waals surface area contributed by atoms with Gasteiger partial charge in [0.1, 0.15) is 4.83 Å². The number of hydrogen-bond acceptors (Lipinski definition) is 5. The van der Waals surface area contributed by atoms with Gasteiger partial charge in [-0.3, -0.25) is 14.2 Å². The lowest BCUT2D eigenvalue weighted by atomic mass is 9.97. The molecule has 0 radical (unpaired) electrons. The van der Waals surface area contributed by atoms with Crippen LogP contribution in [-0.4, -0.2) is 25.7 Å². The maximum atomic E-state index is 13.8. The minimum Gasteiger partial charge on any atom is -0.345 e. The van der Waals surface area contributed by atoms with Crippen LogP contribution in [0.5, 0.6) is 0 Å². The Morgan fingerprint density at radius 1 is 1.17 bits per heavy atom. The first-order chi connectivity index (χ1) is 17.0. The molecule has 7 heteroatoms. The van der Waals surface area contributed by atoms with Crippen LogP contribution in [0.15, 0.2) is 59.0 Å². The summed E-state index contributed by atoms with van der Waals surface area (Å²) in [4.78, 5) is 34.1. The van der Waals surface area contributed by atoms with Gasteiger partial charge in [0.05, 0.1) is 17.7 Å². The van der Waals surface area contributed by atoms with Crippen molar-refractivity contribution in [3.8, 4) is 0 Å². The highest BCUT2D eigenvalue weighted by molar-refractivity contribution is 7.99. The minimum absolute atomic E-state index is 0.0114. The van der Waals surface area contributed by atoms with Crippen molar-refractivity contribution in [2.45, 2.75) is 57.8 Å². The number of allylic oxidation sites excluding steroid dienone is 1. The SMILES string of the molecule is C=CCn1c(C)cc(C(=O)CSc2nc3sc4c(c3c(=O)n2Cc2ccccc2)CCCC4)c1C. The average Bonchev–Trinajstić information content (AvgIpc) is 3.37. The van der Waals surface area contributed by atoms with Crippen molar-refractivity contribution < 1.29 is 4.79 Å². The van der Waals surface area contributed by atoms with Crippen molar-refractivity contribution in [1.29, 1.82) is 0 Å². The zero-order valence-corrected chi connectivity index (χ0v) is 21.8. The molecule has 1 aliphatic rings. The highest BCUT2D eigenvalue weighted by Crippen LogP contribution is 2.35. The molecule has 0 fully saturated rings. The summed E-state index contributed by atoms with van der Waals surface area (Å²) >= 11 is 3.01. The number of aromatic nitrogens is 3. The Kier molecular flexibility index (Phi) is 6.80. The lowest BCUT2D eigenvalue weighted by Crippen LogP contribution is -2.24. The summed E-state index contributed by atoms with van der Waals surface area (Å²) < 4.78 is 3.86. The molecular formula is C28H29N3O2S2. The van der Waals surface area contributed by atoms with Gasteiger partial charge in [-0.15, -0.1) is 17.9 Å². The first kappa shape index (κ1) is 23.8. The van der Waals surface area contributed by atoms with Gasteiger partial charge in [-0.05, 0) is 56.7 Å². The number of ketones is 1. The second kappa shape index (κ2) is 9.99. The van der Waals surface area contributed by atoms with E-state index in [-0.39, 0.29) is 17.1 Å². The standard InChI is InChI=1S/C28H29N3O2S2/c1-4-14-30-18(2)15-22(19(30)3)23(32)17-34-28-29-26-25(21-12-8-9-13-24(21)35-26)27(33)31(28)16-20-10-6-5-7-11-20/h4-7,10-11,15H,1,8-9,12-14,16-17H2,2-3H3. The number of nitrogens with zero attached hydrogens (tertiary/aromatic N) is 3. The number of Topliss-reactive ketones (excluding diaryl/α,β-unsaturated/α-hetero) is 1. The lowest BCUT2D eigenvalue weighted by molar-refractivity contribution is 0.102. The summed E-state index contributed by atoms with van der Waals surface area (Å²) in [5.74, 6) is 0.278. The van der Waals surface area contributed by atoms with Crippen LogP contribution in [0.3, 0.4) is 0 Å². The number of fused-ring (bicyclic) bond motifs is 3. The number of benzene rings is 1. The lowest BCUT2D eigenvalue weighted by Gasteiger charge is -2.13. The Hall–Kier alpha value is -2.90. The van der Waals surface area contributed by atoms with Crippen LogP contribution in [0, 0.1) is 13.8 Å². The topological polar surface area (TPSA) is 56.9 Å². The third kappa shape index (κ3) is 4.55. The Morgan fingerprint density at radius 3 is 2.71 bits per heavy atom. The maximum Gasteiger partial charge on any atom is 0.263 e. The van der Waals surface area contributed by atoms with Gasteiger partial charge < -0.3 is 4.57 Å². The average molecular weight is 504 g/mol. The quantitative estimate of drug-likeness (QED) is 0.129. The van der Waals surface area contributed by atoms with E-state index < -0.39 is 0 Å². The first-order valence-electron chi connectivity index (χ1n) is 12.0.